The molecule has 8 nitrogen and oxygen atoms in total. The maximum atomic E-state index is 12.7. The van der Waals surface area contributed by atoms with Crippen LogP contribution >= 0.6 is 15.9 Å². The van der Waals surface area contributed by atoms with E-state index in [2.05, 4.69) is 25.9 Å². The summed E-state index contributed by atoms with van der Waals surface area (Å²) >= 11 is 3.28. The van der Waals surface area contributed by atoms with Crippen molar-refractivity contribution in [3.05, 3.63) is 16.9 Å². The number of halogens is 1. The maximum Gasteiger partial charge on any atom is 0.432 e. The van der Waals surface area contributed by atoms with Crippen LogP contribution in [-0.4, -0.2) is 52.8 Å². The van der Waals surface area contributed by atoms with Crippen molar-refractivity contribution in [1.29, 1.82) is 0 Å². The van der Waals surface area contributed by atoms with Gasteiger partial charge in [-0.2, -0.15) is 5.01 Å². The number of piperidine rings is 1. The molecule has 0 bridgehead atoms. The van der Waals surface area contributed by atoms with E-state index >= 15 is 0 Å². The van der Waals surface area contributed by atoms with E-state index in [1.807, 2.05) is 0 Å². The predicted molar refractivity (Wildman–Crippen MR) is 94.8 cm³/mol. The van der Waals surface area contributed by atoms with Crippen molar-refractivity contribution in [2.45, 2.75) is 39.2 Å². The molecule has 0 N–H and O–H groups in total. The van der Waals surface area contributed by atoms with Gasteiger partial charge in [-0.3, -0.25) is 4.79 Å². The monoisotopic (exact) mass is 414 g/mol. The average molecular weight is 415 g/mol. The number of hydrogen-bond acceptors (Lipinski definition) is 7. The van der Waals surface area contributed by atoms with Crippen LogP contribution in [0.25, 0.3) is 0 Å². The van der Waals surface area contributed by atoms with Crippen molar-refractivity contribution < 1.29 is 19.1 Å². The number of aromatic nitrogens is 2. The summed E-state index contributed by atoms with van der Waals surface area (Å²) < 4.78 is 11.0. The van der Waals surface area contributed by atoms with Crippen molar-refractivity contribution in [2.24, 2.45) is 5.92 Å². The smallest absolute Gasteiger partial charge is 0.432 e. The van der Waals surface area contributed by atoms with Gasteiger partial charge in [-0.1, -0.05) is 0 Å². The second kappa shape index (κ2) is 8.09. The summed E-state index contributed by atoms with van der Waals surface area (Å²) in [5.74, 6) is -0.148. The molecule has 1 aromatic rings. The predicted octanol–water partition coefficient (Wildman–Crippen LogP) is 2.78. The number of amides is 1. The van der Waals surface area contributed by atoms with Crippen LogP contribution in [0.1, 0.15) is 33.6 Å². The minimum absolute atomic E-state index is 0.160. The number of hydrogen-bond donors (Lipinski definition) is 0. The molecule has 1 aliphatic heterocycles. The summed E-state index contributed by atoms with van der Waals surface area (Å²) in [4.78, 5) is 32.8. The van der Waals surface area contributed by atoms with Crippen LogP contribution in [0.2, 0.25) is 0 Å². The number of esters is 1. The highest BCUT2D eigenvalue weighted by Crippen LogP contribution is 2.24. The fourth-order valence-electron chi connectivity index (χ4n) is 2.51. The Hall–Kier alpha value is -1.74. The number of rotatable bonds is 3. The van der Waals surface area contributed by atoms with Crippen LogP contribution in [0.5, 0.6) is 0 Å². The summed E-state index contributed by atoms with van der Waals surface area (Å²) in [5.41, 5.74) is -0.644. The van der Waals surface area contributed by atoms with E-state index in [9.17, 15) is 9.59 Å². The molecule has 9 heteroatoms. The Kier molecular flexibility index (Phi) is 6.34. The SMILES string of the molecule is COC(=O)C1CCN(N(C(=O)OC(C)(C)C)c2ncc(Br)cn2)CC1. The highest BCUT2D eigenvalue weighted by Gasteiger charge is 2.34. The molecule has 1 saturated heterocycles. The number of carbonyl (C=O) groups is 2. The maximum absolute atomic E-state index is 12.7. The van der Waals surface area contributed by atoms with Gasteiger partial charge in [0.05, 0.1) is 17.5 Å². The molecular weight excluding hydrogens is 392 g/mol. The zero-order valence-corrected chi connectivity index (χ0v) is 16.4. The molecule has 2 heterocycles. The van der Waals surface area contributed by atoms with E-state index in [1.54, 1.807) is 38.2 Å². The van der Waals surface area contributed by atoms with E-state index < -0.39 is 11.7 Å². The first-order valence-corrected chi connectivity index (χ1v) is 8.84. The van der Waals surface area contributed by atoms with Crippen LogP contribution in [0, 0.1) is 5.92 Å². The summed E-state index contributed by atoms with van der Waals surface area (Å²) in [6.07, 6.45) is 3.76. The van der Waals surface area contributed by atoms with Gasteiger partial charge in [0, 0.05) is 25.5 Å². The fourth-order valence-corrected chi connectivity index (χ4v) is 2.72. The lowest BCUT2D eigenvalue weighted by Crippen LogP contribution is -2.53. The molecule has 1 fully saturated rings. The Morgan fingerprint density at radius 1 is 1.24 bits per heavy atom. The Bertz CT molecular complexity index is 610. The molecule has 0 aliphatic carbocycles. The first kappa shape index (κ1) is 19.6. The van der Waals surface area contributed by atoms with Gasteiger partial charge in [-0.25, -0.2) is 19.8 Å². The van der Waals surface area contributed by atoms with Gasteiger partial charge in [-0.05, 0) is 49.5 Å². The van der Waals surface area contributed by atoms with Gasteiger partial charge in [0.15, 0.2) is 0 Å². The van der Waals surface area contributed by atoms with Crippen LogP contribution in [-0.2, 0) is 14.3 Å². The first-order valence-electron chi connectivity index (χ1n) is 8.04. The fraction of sp³-hybridized carbons (Fsp3) is 0.625. The number of nitrogens with zero attached hydrogens (tertiary/aromatic N) is 4. The third kappa shape index (κ3) is 5.37. The summed E-state index contributed by atoms with van der Waals surface area (Å²) in [7, 11) is 1.39. The molecule has 0 unspecified atom stereocenters. The molecule has 1 amide bonds. The molecule has 2 rings (SSSR count). The van der Waals surface area contributed by atoms with Gasteiger partial charge in [0.25, 0.3) is 0 Å². The lowest BCUT2D eigenvalue weighted by atomic mass is 9.98. The van der Waals surface area contributed by atoms with Gasteiger partial charge in [0.2, 0.25) is 5.95 Å². The Morgan fingerprint density at radius 3 is 2.28 bits per heavy atom. The summed E-state index contributed by atoms with van der Waals surface area (Å²) in [6.45, 7) is 6.40. The largest absolute Gasteiger partial charge is 0.469 e. The molecule has 0 spiro atoms. The number of hydrazine groups is 1. The molecule has 0 aromatic carbocycles. The molecule has 25 heavy (non-hydrogen) atoms. The van der Waals surface area contributed by atoms with Crippen molar-refractivity contribution in [2.75, 3.05) is 25.2 Å². The van der Waals surface area contributed by atoms with Crippen molar-refractivity contribution in [1.82, 2.24) is 15.0 Å². The standard InChI is InChI=1S/C16H23BrN4O4/c1-16(2,3)25-15(23)21(14-18-9-12(17)10-19-14)20-7-5-11(6-8-20)13(22)24-4/h9-11H,5-8H2,1-4H3. The van der Waals surface area contributed by atoms with Gasteiger partial charge in [0.1, 0.15) is 5.60 Å². The van der Waals surface area contributed by atoms with Gasteiger partial charge >= 0.3 is 12.1 Å². The second-order valence-corrected chi connectivity index (χ2v) is 7.66. The molecule has 138 valence electrons. The number of methoxy groups -OCH3 is 1. The van der Waals surface area contributed by atoms with Crippen LogP contribution in [0.3, 0.4) is 0 Å². The van der Waals surface area contributed by atoms with Gasteiger partial charge < -0.3 is 9.47 Å². The number of anilines is 1. The molecule has 0 radical (unpaired) electrons. The molecule has 0 atom stereocenters. The zero-order chi connectivity index (χ0) is 18.6. The molecule has 0 saturated carbocycles. The summed E-state index contributed by atoms with van der Waals surface area (Å²) in [5, 5.41) is 3.14. The molecule has 1 aromatic heterocycles. The molecule has 1 aliphatic rings. The topological polar surface area (TPSA) is 84.9 Å². The van der Waals surface area contributed by atoms with E-state index in [-0.39, 0.29) is 17.8 Å². The van der Waals surface area contributed by atoms with Crippen molar-refractivity contribution in [3.63, 3.8) is 0 Å². The second-order valence-electron chi connectivity index (χ2n) is 6.74. The minimum atomic E-state index is -0.644. The number of ether oxygens (including phenoxy) is 2. The lowest BCUT2D eigenvalue weighted by molar-refractivity contribution is -0.147. The highest BCUT2D eigenvalue weighted by atomic mass is 79.9. The Morgan fingerprint density at radius 2 is 1.80 bits per heavy atom. The van der Waals surface area contributed by atoms with Gasteiger partial charge in [-0.15, -0.1) is 0 Å². The Labute approximate surface area is 155 Å². The quantitative estimate of drug-likeness (QED) is 0.702. The normalized spacial score (nSPS) is 16.4. The van der Waals surface area contributed by atoms with E-state index in [1.165, 1.54) is 12.1 Å². The number of carbonyl (C=O) groups excluding carboxylic acids is 2. The third-order valence-electron chi connectivity index (χ3n) is 3.65. The molecular formula is C16H23BrN4O4. The van der Waals surface area contributed by atoms with Crippen molar-refractivity contribution in [3.8, 4) is 0 Å². The van der Waals surface area contributed by atoms with Crippen LogP contribution in [0.4, 0.5) is 10.7 Å². The minimum Gasteiger partial charge on any atom is -0.469 e. The summed E-state index contributed by atoms with van der Waals surface area (Å²) in [6, 6.07) is 0. The first-order chi connectivity index (χ1) is 11.7. The van der Waals surface area contributed by atoms with E-state index in [0.29, 0.717) is 30.4 Å². The van der Waals surface area contributed by atoms with E-state index in [4.69, 9.17) is 9.47 Å². The Balaban J connectivity index is 2.19. The third-order valence-corrected chi connectivity index (χ3v) is 4.06. The highest BCUT2D eigenvalue weighted by molar-refractivity contribution is 9.10. The van der Waals surface area contributed by atoms with Crippen LogP contribution < -0.4 is 5.01 Å². The average Bonchev–Trinajstić information content (AvgIpc) is 2.55. The van der Waals surface area contributed by atoms with E-state index in [0.717, 1.165) is 0 Å². The zero-order valence-electron chi connectivity index (χ0n) is 14.9. The lowest BCUT2D eigenvalue weighted by Gasteiger charge is -2.38. The van der Waals surface area contributed by atoms with Crippen LogP contribution in [0.15, 0.2) is 16.9 Å². The van der Waals surface area contributed by atoms with Crippen molar-refractivity contribution >= 4 is 33.9 Å².